The molecule has 5 rings (SSSR count). The highest BCUT2D eigenvalue weighted by Crippen LogP contribution is 2.32. The Morgan fingerprint density at radius 1 is 0.952 bits per heavy atom. The monoisotopic (exact) mass is 906 g/mol. The fourth-order valence-electron chi connectivity index (χ4n) is 5.90. The maximum Gasteiger partial charge on any atom is 0.413 e. The lowest BCUT2D eigenvalue weighted by Gasteiger charge is -2.20. The van der Waals surface area contributed by atoms with Crippen LogP contribution in [-0.4, -0.2) is 118 Å². The number of carbonyl (C=O) groups is 4. The van der Waals surface area contributed by atoms with E-state index >= 15 is 0 Å². The van der Waals surface area contributed by atoms with Crippen LogP contribution < -0.4 is 32.5 Å². The van der Waals surface area contributed by atoms with Gasteiger partial charge < -0.3 is 40.4 Å². The molecule has 338 valence electrons. The largest absolute Gasteiger partial charge is 0.464 e. The average molecular weight is 907 g/mol. The Balaban J connectivity index is 1.17. The lowest BCUT2D eigenvalue weighted by molar-refractivity contribution is -0.145. The van der Waals surface area contributed by atoms with Crippen LogP contribution in [0.15, 0.2) is 64.5 Å². The first kappa shape index (κ1) is 47.9. The third kappa shape index (κ3) is 13.9. The number of anilines is 3. The summed E-state index contributed by atoms with van der Waals surface area (Å²) in [5.74, 6) is -2.09. The SMILES string of the molecule is C=C1[C@H](n2ccc(NC(=O)CC[C@H](NC(=O)c3ccc(NCc4cnc5nc(NC(=O)OCC[Si](C)(C)C)[nH]c(=O)c5n4)cc3)C(=O)OCC[Si](C)(C)C)nc2=O)O[C@H](CO)[C@H]1O. The van der Waals surface area contributed by atoms with Gasteiger partial charge in [0, 0.05) is 45.6 Å². The van der Waals surface area contributed by atoms with Gasteiger partial charge >= 0.3 is 17.8 Å². The summed E-state index contributed by atoms with van der Waals surface area (Å²) in [6.07, 6.45) is -1.59. The molecule has 4 atom stereocenters. The number of aliphatic hydroxyl groups is 2. The summed E-state index contributed by atoms with van der Waals surface area (Å²) in [5.41, 5.74) is -0.0401. The van der Waals surface area contributed by atoms with Gasteiger partial charge in [-0.1, -0.05) is 45.9 Å². The molecule has 63 heavy (non-hydrogen) atoms. The van der Waals surface area contributed by atoms with E-state index in [1.165, 1.54) is 30.6 Å². The van der Waals surface area contributed by atoms with Gasteiger partial charge in [0.2, 0.25) is 11.9 Å². The molecule has 1 aliphatic heterocycles. The highest BCUT2D eigenvalue weighted by Gasteiger charge is 2.38. The van der Waals surface area contributed by atoms with Crippen LogP contribution in [0.2, 0.25) is 51.4 Å². The number of carbonyl (C=O) groups excluding carboxylic acids is 4. The van der Waals surface area contributed by atoms with Gasteiger partial charge in [-0.3, -0.25) is 29.3 Å². The van der Waals surface area contributed by atoms with Gasteiger partial charge in [0.1, 0.15) is 24.1 Å². The Morgan fingerprint density at radius 3 is 2.27 bits per heavy atom. The Morgan fingerprint density at radius 2 is 1.63 bits per heavy atom. The molecule has 0 bridgehead atoms. The summed E-state index contributed by atoms with van der Waals surface area (Å²) in [6, 6.07) is 7.97. The number of benzene rings is 1. The van der Waals surface area contributed by atoms with Crippen LogP contribution in [0.4, 0.5) is 22.2 Å². The van der Waals surface area contributed by atoms with Crippen LogP contribution >= 0.6 is 0 Å². The normalized spacial score (nSPS) is 16.9. The van der Waals surface area contributed by atoms with Gasteiger partial charge in [0.05, 0.1) is 38.3 Å². The number of fused-ring (bicyclic) bond motifs is 1. The molecule has 1 saturated heterocycles. The van der Waals surface area contributed by atoms with E-state index in [0.717, 1.165) is 10.6 Å². The maximum absolute atomic E-state index is 13.4. The zero-order valence-electron chi connectivity index (χ0n) is 36.0. The van der Waals surface area contributed by atoms with E-state index in [2.05, 4.69) is 92.0 Å². The molecule has 1 aliphatic rings. The van der Waals surface area contributed by atoms with Crippen LogP contribution in [0.1, 0.15) is 35.1 Å². The molecule has 21 nitrogen and oxygen atoms in total. The average Bonchev–Trinajstić information content (AvgIpc) is 3.49. The Kier molecular flexibility index (Phi) is 15.8. The molecule has 0 saturated carbocycles. The van der Waals surface area contributed by atoms with E-state index in [9.17, 15) is 39.0 Å². The molecule has 23 heteroatoms. The first-order valence-corrected chi connectivity index (χ1v) is 27.6. The first-order chi connectivity index (χ1) is 29.7. The van der Waals surface area contributed by atoms with Crippen molar-refractivity contribution >= 4 is 68.6 Å². The van der Waals surface area contributed by atoms with Crippen LogP contribution in [-0.2, 0) is 30.3 Å². The molecule has 3 amide bonds. The highest BCUT2D eigenvalue weighted by atomic mass is 28.3. The third-order valence-corrected chi connectivity index (χ3v) is 13.0. The molecule has 3 aromatic heterocycles. The van der Waals surface area contributed by atoms with Crippen molar-refractivity contribution in [3.63, 3.8) is 0 Å². The molecule has 0 aliphatic carbocycles. The van der Waals surface area contributed by atoms with E-state index in [1.54, 1.807) is 12.1 Å². The molecule has 1 fully saturated rings. The van der Waals surface area contributed by atoms with Crippen molar-refractivity contribution in [3.8, 4) is 0 Å². The molecule has 4 heterocycles. The molecular weight excluding hydrogens is 853 g/mol. The van der Waals surface area contributed by atoms with Gasteiger partial charge in [-0.25, -0.2) is 24.4 Å². The van der Waals surface area contributed by atoms with E-state index in [1.807, 2.05) is 0 Å². The van der Waals surface area contributed by atoms with Crippen molar-refractivity contribution in [2.45, 2.75) is 95.2 Å². The number of hydrogen-bond acceptors (Lipinski definition) is 16. The highest BCUT2D eigenvalue weighted by molar-refractivity contribution is 6.76. The molecule has 4 aromatic rings. The van der Waals surface area contributed by atoms with Crippen LogP contribution in [0.3, 0.4) is 0 Å². The number of aromatic nitrogens is 6. The summed E-state index contributed by atoms with van der Waals surface area (Å²) in [5, 5.41) is 30.3. The number of esters is 1. The van der Waals surface area contributed by atoms with Gasteiger partial charge in [0.15, 0.2) is 17.4 Å². The minimum Gasteiger partial charge on any atom is -0.464 e. The lowest BCUT2D eigenvalue weighted by Crippen LogP contribution is -2.42. The standard InChI is InChI=1S/C40H54N10O11Si2/c1-23-32(53)28(22-51)61-36(23)50-15-14-29(46-39(50)57)45-30(52)13-12-27(37(56)59-16-18-62(2,3)4)44-34(54)24-8-10-25(11-9-24)41-20-26-21-42-33-31(43-26)35(55)48-38(47-33)49-40(58)60-17-19-63(5,6)7/h8-11,14-15,21,27-28,32,36,41,51,53H,1,12-13,16-20,22H2,2-7H3,(H,44,54)(H,45,46,52,57)(H2,42,47,48,49,55,58)/t27-,28+,32-,36+/m0/s1. The minimum absolute atomic E-state index is 0.0248. The van der Waals surface area contributed by atoms with Crippen molar-refractivity contribution < 1.29 is 43.6 Å². The number of H-pyrrole nitrogens is 1. The van der Waals surface area contributed by atoms with Crippen molar-refractivity contribution in [1.29, 1.82) is 0 Å². The molecule has 0 unspecified atom stereocenters. The molecule has 7 N–H and O–H groups in total. The van der Waals surface area contributed by atoms with E-state index in [0.29, 0.717) is 17.4 Å². The first-order valence-electron chi connectivity index (χ1n) is 20.2. The molecule has 1 aromatic carbocycles. The summed E-state index contributed by atoms with van der Waals surface area (Å²) < 4.78 is 17.3. The van der Waals surface area contributed by atoms with Crippen molar-refractivity contribution in [1.82, 2.24) is 34.8 Å². The zero-order valence-corrected chi connectivity index (χ0v) is 38.0. The fraction of sp³-hybridized carbons (Fsp3) is 0.450. The molecule has 0 spiro atoms. The number of aliphatic hydroxyl groups excluding tert-OH is 2. The Bertz CT molecular complexity index is 2430. The van der Waals surface area contributed by atoms with Crippen molar-refractivity contribution in [3.05, 3.63) is 87.0 Å². The number of rotatable bonds is 19. The second kappa shape index (κ2) is 20.8. The fourth-order valence-corrected chi connectivity index (χ4v) is 7.33. The second-order valence-corrected chi connectivity index (χ2v) is 28.5. The summed E-state index contributed by atoms with van der Waals surface area (Å²) in [7, 11) is -2.97. The van der Waals surface area contributed by atoms with Crippen molar-refractivity contribution in [2.24, 2.45) is 0 Å². The lowest BCUT2D eigenvalue weighted by atomic mass is 10.1. The number of nitrogens with one attached hydrogen (secondary N) is 5. The Hall–Kier alpha value is -6.15. The van der Waals surface area contributed by atoms with Gasteiger partial charge in [0.25, 0.3) is 11.5 Å². The number of aromatic amines is 1. The molecule has 0 radical (unpaired) electrons. The predicted octanol–water partition coefficient (Wildman–Crippen LogP) is 2.97. The molecular formula is C40H54N10O11Si2. The van der Waals surface area contributed by atoms with E-state index in [-0.39, 0.29) is 66.7 Å². The van der Waals surface area contributed by atoms with E-state index in [4.69, 9.17) is 14.2 Å². The summed E-state index contributed by atoms with van der Waals surface area (Å²) in [4.78, 5) is 96.5. The quantitative estimate of drug-likeness (QED) is 0.0404. The maximum atomic E-state index is 13.4. The number of nitrogens with zero attached hydrogens (tertiary/aromatic N) is 5. The number of hydrogen-bond donors (Lipinski definition) is 7. The number of ether oxygens (including phenoxy) is 3. The zero-order chi connectivity index (χ0) is 46.1. The van der Waals surface area contributed by atoms with Gasteiger partial charge in [-0.05, 0) is 48.8 Å². The van der Waals surface area contributed by atoms with Crippen LogP contribution in [0, 0.1) is 0 Å². The third-order valence-electron chi connectivity index (χ3n) is 9.62. The van der Waals surface area contributed by atoms with Gasteiger partial charge in [-0.2, -0.15) is 9.97 Å². The summed E-state index contributed by atoms with van der Waals surface area (Å²) >= 11 is 0. The van der Waals surface area contributed by atoms with Gasteiger partial charge in [-0.15, -0.1) is 0 Å². The van der Waals surface area contributed by atoms with Crippen molar-refractivity contribution in [2.75, 3.05) is 35.8 Å². The number of amides is 3. The predicted molar refractivity (Wildman–Crippen MR) is 238 cm³/mol. The minimum atomic E-state index is -1.56. The topological polar surface area (TPSA) is 291 Å². The Labute approximate surface area is 364 Å². The smallest absolute Gasteiger partial charge is 0.413 e. The van der Waals surface area contributed by atoms with Crippen LogP contribution in [0.5, 0.6) is 0 Å². The van der Waals surface area contributed by atoms with E-state index < -0.39 is 82.4 Å². The van der Waals surface area contributed by atoms with Crippen LogP contribution in [0.25, 0.3) is 11.2 Å². The second-order valence-electron chi connectivity index (χ2n) is 17.3. The summed E-state index contributed by atoms with van der Waals surface area (Å²) in [6.45, 7) is 16.7.